The van der Waals surface area contributed by atoms with Crippen LogP contribution in [-0.4, -0.2) is 15.2 Å². The average Bonchev–Trinajstić information content (AvgIpc) is 2.15. The van der Waals surface area contributed by atoms with E-state index >= 15 is 0 Å². The second kappa shape index (κ2) is 3.85. The lowest BCUT2D eigenvalue weighted by Crippen LogP contribution is -2.37. The predicted molar refractivity (Wildman–Crippen MR) is 62.2 cm³/mol. The van der Waals surface area contributed by atoms with Gasteiger partial charge in [0.25, 0.3) is 0 Å². The summed E-state index contributed by atoms with van der Waals surface area (Å²) in [6.07, 6.45) is 0. The van der Waals surface area contributed by atoms with E-state index in [-0.39, 0.29) is 0 Å². The van der Waals surface area contributed by atoms with Crippen LogP contribution in [0.5, 0.6) is 5.75 Å². The Morgan fingerprint density at radius 3 is 2.36 bits per heavy atom. The van der Waals surface area contributed by atoms with Gasteiger partial charge in [-0.2, -0.15) is 0 Å². The second-order valence-electron chi connectivity index (χ2n) is 4.24. The summed E-state index contributed by atoms with van der Waals surface area (Å²) in [6, 6.07) is 5.78. The Hall–Kier alpha value is -1.27. The van der Waals surface area contributed by atoms with Crippen LogP contribution in [0, 0.1) is 6.57 Å². The van der Waals surface area contributed by atoms with Crippen molar-refractivity contribution in [3.8, 4) is 5.75 Å². The maximum absolute atomic E-state index is 7.13. The van der Waals surface area contributed by atoms with Gasteiger partial charge in [0.1, 0.15) is 5.75 Å². The molecule has 0 bridgehead atoms. The first kappa shape index (κ1) is 10.8. The van der Waals surface area contributed by atoms with E-state index in [0.29, 0.717) is 0 Å². The zero-order chi connectivity index (χ0) is 10.8. The van der Waals surface area contributed by atoms with E-state index in [1.165, 1.54) is 5.19 Å². The molecule has 0 saturated carbocycles. The van der Waals surface area contributed by atoms with Crippen molar-refractivity contribution in [3.63, 3.8) is 0 Å². The van der Waals surface area contributed by atoms with Crippen molar-refractivity contribution in [2.75, 3.05) is 7.11 Å². The zero-order valence-electron chi connectivity index (χ0n) is 9.09. The molecule has 0 fully saturated rings. The van der Waals surface area contributed by atoms with E-state index in [2.05, 4.69) is 24.5 Å². The molecule has 0 unspecified atom stereocenters. The number of methoxy groups -OCH3 is 1. The van der Waals surface area contributed by atoms with Crippen LogP contribution < -0.4 is 9.92 Å². The molecule has 0 aliphatic heterocycles. The maximum atomic E-state index is 7.13. The Kier molecular flexibility index (Phi) is 2.97. The molecule has 0 spiro atoms. The van der Waals surface area contributed by atoms with Gasteiger partial charge in [-0.05, 0) is 12.1 Å². The Morgan fingerprint density at radius 1 is 1.29 bits per heavy atom. The fourth-order valence-corrected chi connectivity index (χ4v) is 2.84. The molecule has 0 saturated heterocycles. The van der Waals surface area contributed by atoms with Gasteiger partial charge in [-0.3, -0.25) is 0 Å². The lowest BCUT2D eigenvalue weighted by atomic mass is 10.3. The van der Waals surface area contributed by atoms with Gasteiger partial charge in [-0.25, -0.2) is 4.85 Å². The summed E-state index contributed by atoms with van der Waals surface area (Å²) in [5.74, 6) is 0.762. The lowest BCUT2D eigenvalue weighted by molar-refractivity contribution is 0.415. The first-order valence-electron chi connectivity index (χ1n) is 4.55. The summed E-state index contributed by atoms with van der Waals surface area (Å²) in [5.41, 5.74) is 0.739. The van der Waals surface area contributed by atoms with Crippen molar-refractivity contribution >= 4 is 18.9 Å². The SMILES string of the molecule is [C-]#[N+]c1cc(OC)ccc1[Si](C)(C)C. The highest BCUT2D eigenvalue weighted by molar-refractivity contribution is 6.89. The highest BCUT2D eigenvalue weighted by Crippen LogP contribution is 2.21. The second-order valence-corrected chi connectivity index (χ2v) is 9.28. The van der Waals surface area contributed by atoms with Crippen LogP contribution >= 0.6 is 0 Å². The number of rotatable bonds is 2. The van der Waals surface area contributed by atoms with Crippen molar-refractivity contribution in [2.24, 2.45) is 0 Å². The van der Waals surface area contributed by atoms with E-state index in [1.54, 1.807) is 7.11 Å². The molecular formula is C11H15NOSi. The van der Waals surface area contributed by atoms with Crippen LogP contribution in [0.25, 0.3) is 4.85 Å². The van der Waals surface area contributed by atoms with Crippen molar-refractivity contribution in [1.29, 1.82) is 0 Å². The van der Waals surface area contributed by atoms with E-state index in [1.807, 2.05) is 18.2 Å². The highest BCUT2D eigenvalue weighted by Gasteiger charge is 2.20. The van der Waals surface area contributed by atoms with Crippen LogP contribution in [0.1, 0.15) is 0 Å². The molecule has 0 atom stereocenters. The zero-order valence-corrected chi connectivity index (χ0v) is 10.1. The third-order valence-electron chi connectivity index (χ3n) is 2.13. The standard InChI is InChI=1S/C11H15NOSi/c1-12-10-8-9(13-2)6-7-11(10)14(3,4)5/h6-8H,2-5H3. The lowest BCUT2D eigenvalue weighted by Gasteiger charge is -2.18. The molecule has 0 heterocycles. The van der Waals surface area contributed by atoms with Crippen molar-refractivity contribution in [3.05, 3.63) is 29.6 Å². The molecule has 1 aromatic rings. The molecule has 3 heteroatoms. The largest absolute Gasteiger partial charge is 0.498 e. The summed E-state index contributed by atoms with van der Waals surface area (Å²) >= 11 is 0. The summed E-state index contributed by atoms with van der Waals surface area (Å²) in [7, 11) is 0.218. The van der Waals surface area contributed by atoms with Gasteiger partial charge in [-0.15, -0.1) is 0 Å². The molecule has 0 N–H and O–H groups in total. The third-order valence-corrected chi connectivity index (χ3v) is 4.17. The molecule has 0 radical (unpaired) electrons. The fraction of sp³-hybridized carbons (Fsp3) is 0.364. The minimum absolute atomic E-state index is 0.739. The number of ether oxygens (including phenoxy) is 1. The molecule has 0 aliphatic carbocycles. The summed E-state index contributed by atoms with van der Waals surface area (Å²) in [6.45, 7) is 13.8. The van der Waals surface area contributed by atoms with E-state index in [0.717, 1.165) is 11.4 Å². The quantitative estimate of drug-likeness (QED) is 0.534. The predicted octanol–water partition coefficient (Wildman–Crippen LogP) is 2.79. The molecular weight excluding hydrogens is 190 g/mol. The monoisotopic (exact) mass is 205 g/mol. The molecule has 1 aromatic carbocycles. The highest BCUT2D eigenvalue weighted by atomic mass is 28.3. The fourth-order valence-electron chi connectivity index (χ4n) is 1.37. The smallest absolute Gasteiger partial charge is 0.190 e. The van der Waals surface area contributed by atoms with Gasteiger partial charge < -0.3 is 4.74 Å². The van der Waals surface area contributed by atoms with E-state index < -0.39 is 8.07 Å². The number of hydrogen-bond acceptors (Lipinski definition) is 1. The Bertz CT molecular complexity index is 374. The molecule has 0 amide bonds. The topological polar surface area (TPSA) is 13.6 Å². The van der Waals surface area contributed by atoms with Crippen molar-refractivity contribution < 1.29 is 4.74 Å². The molecule has 0 aliphatic rings. The Labute approximate surface area is 86.4 Å². The summed E-state index contributed by atoms with van der Waals surface area (Å²) in [4.78, 5) is 3.55. The minimum atomic E-state index is -1.40. The number of hydrogen-bond donors (Lipinski definition) is 0. The van der Waals surface area contributed by atoms with Crippen LogP contribution in [0.3, 0.4) is 0 Å². The molecule has 1 rings (SSSR count). The van der Waals surface area contributed by atoms with Crippen LogP contribution in [0.2, 0.25) is 19.6 Å². The molecule has 74 valence electrons. The normalized spacial score (nSPS) is 10.8. The molecule has 0 aromatic heterocycles. The molecule has 2 nitrogen and oxygen atoms in total. The van der Waals surface area contributed by atoms with Crippen molar-refractivity contribution in [1.82, 2.24) is 0 Å². The Morgan fingerprint density at radius 2 is 1.93 bits per heavy atom. The third kappa shape index (κ3) is 2.15. The number of benzene rings is 1. The van der Waals surface area contributed by atoms with Gasteiger partial charge in [-0.1, -0.05) is 30.9 Å². The van der Waals surface area contributed by atoms with Crippen molar-refractivity contribution in [2.45, 2.75) is 19.6 Å². The van der Waals surface area contributed by atoms with E-state index in [4.69, 9.17) is 11.3 Å². The first-order chi connectivity index (χ1) is 6.49. The maximum Gasteiger partial charge on any atom is 0.190 e. The average molecular weight is 205 g/mol. The van der Waals surface area contributed by atoms with Crippen LogP contribution in [-0.2, 0) is 0 Å². The van der Waals surface area contributed by atoms with Gasteiger partial charge in [0, 0.05) is 0 Å². The summed E-state index contributed by atoms with van der Waals surface area (Å²) < 4.78 is 5.10. The first-order valence-corrected chi connectivity index (χ1v) is 8.05. The molecule has 14 heavy (non-hydrogen) atoms. The van der Waals surface area contributed by atoms with Crippen LogP contribution in [0.15, 0.2) is 18.2 Å². The number of nitrogens with zero attached hydrogens (tertiary/aromatic N) is 1. The minimum Gasteiger partial charge on any atom is -0.498 e. The van der Waals surface area contributed by atoms with Crippen LogP contribution in [0.4, 0.5) is 5.69 Å². The van der Waals surface area contributed by atoms with Gasteiger partial charge >= 0.3 is 0 Å². The van der Waals surface area contributed by atoms with E-state index in [9.17, 15) is 0 Å². The van der Waals surface area contributed by atoms with Gasteiger partial charge in [0.2, 0.25) is 0 Å². The van der Waals surface area contributed by atoms with Gasteiger partial charge in [0.05, 0.1) is 21.8 Å². The Balaban J connectivity index is 3.28. The summed E-state index contributed by atoms with van der Waals surface area (Å²) in [5, 5.41) is 1.20. The van der Waals surface area contributed by atoms with Gasteiger partial charge in [0.15, 0.2) is 5.69 Å².